The maximum Gasteiger partial charge on any atom is 0.252 e. The Hall–Kier alpha value is -2.22. The van der Waals surface area contributed by atoms with E-state index in [4.69, 9.17) is 0 Å². The van der Waals surface area contributed by atoms with Gasteiger partial charge in [-0.2, -0.15) is 9.37 Å². The topological polar surface area (TPSA) is 62.3 Å². The van der Waals surface area contributed by atoms with Gasteiger partial charge in [0.15, 0.2) is 11.6 Å². The summed E-state index contributed by atoms with van der Waals surface area (Å²) in [6, 6.07) is 7.37. The highest BCUT2D eigenvalue weighted by atomic mass is 32.2. The summed E-state index contributed by atoms with van der Waals surface area (Å²) in [4.78, 5) is 4.30. The number of sulfone groups is 1. The van der Waals surface area contributed by atoms with E-state index in [9.17, 15) is 17.2 Å². The van der Waals surface area contributed by atoms with Gasteiger partial charge in [-0.1, -0.05) is 18.2 Å². The molecule has 2 heterocycles. The van der Waals surface area contributed by atoms with E-state index < -0.39 is 26.5 Å². The first kappa shape index (κ1) is 14.7. The molecule has 0 unspecified atom stereocenters. The standard InChI is InChI=1S/C14H13F2N3O2S/c1-19-8-7-17-11-12(10(15)13(16)18-14(11)19)22(20,21)9-5-3-2-4-6-9/h2-6,17H,7-8H2,1H3. The molecule has 0 amide bonds. The third-order valence-corrected chi connectivity index (χ3v) is 5.28. The summed E-state index contributed by atoms with van der Waals surface area (Å²) in [5.41, 5.74) is -0.00324. The number of hydrogen-bond acceptors (Lipinski definition) is 5. The fourth-order valence-electron chi connectivity index (χ4n) is 2.36. The van der Waals surface area contributed by atoms with Gasteiger partial charge in [0, 0.05) is 20.1 Å². The number of nitrogens with one attached hydrogen (secondary N) is 1. The van der Waals surface area contributed by atoms with E-state index in [1.165, 1.54) is 24.3 Å². The van der Waals surface area contributed by atoms with Crippen LogP contribution in [-0.2, 0) is 9.84 Å². The average molecular weight is 325 g/mol. The van der Waals surface area contributed by atoms with Crippen LogP contribution in [0.5, 0.6) is 0 Å². The van der Waals surface area contributed by atoms with Crippen LogP contribution < -0.4 is 10.2 Å². The van der Waals surface area contributed by atoms with E-state index in [0.29, 0.717) is 13.1 Å². The Labute approximate surface area is 126 Å². The summed E-state index contributed by atoms with van der Waals surface area (Å²) >= 11 is 0. The van der Waals surface area contributed by atoms with Gasteiger partial charge >= 0.3 is 0 Å². The third kappa shape index (κ3) is 2.19. The van der Waals surface area contributed by atoms with Crippen molar-refractivity contribution in [2.24, 2.45) is 0 Å². The van der Waals surface area contributed by atoms with E-state index >= 15 is 0 Å². The number of rotatable bonds is 2. The predicted molar refractivity (Wildman–Crippen MR) is 77.8 cm³/mol. The van der Waals surface area contributed by atoms with Gasteiger partial charge in [0.05, 0.1) is 10.6 Å². The smallest absolute Gasteiger partial charge is 0.252 e. The van der Waals surface area contributed by atoms with E-state index in [-0.39, 0.29) is 16.4 Å². The second kappa shape index (κ2) is 5.20. The highest BCUT2D eigenvalue weighted by Crippen LogP contribution is 2.38. The highest BCUT2D eigenvalue weighted by Gasteiger charge is 2.33. The van der Waals surface area contributed by atoms with Crippen molar-refractivity contribution in [3.63, 3.8) is 0 Å². The van der Waals surface area contributed by atoms with Crippen LogP contribution in [0, 0.1) is 11.8 Å². The molecule has 8 heteroatoms. The molecule has 1 aromatic carbocycles. The molecule has 0 fully saturated rings. The Kier molecular flexibility index (Phi) is 3.48. The molecule has 1 aromatic heterocycles. The van der Waals surface area contributed by atoms with Gasteiger partial charge in [-0.3, -0.25) is 0 Å². The molecular formula is C14H13F2N3O2S. The quantitative estimate of drug-likeness (QED) is 0.856. The Morgan fingerprint density at radius 1 is 1.23 bits per heavy atom. The molecule has 0 saturated carbocycles. The fraction of sp³-hybridized carbons (Fsp3) is 0.214. The van der Waals surface area contributed by atoms with Gasteiger partial charge in [0.25, 0.3) is 5.95 Å². The summed E-state index contributed by atoms with van der Waals surface area (Å²) in [7, 11) is -2.56. The minimum Gasteiger partial charge on any atom is -0.379 e. The van der Waals surface area contributed by atoms with Gasteiger partial charge in [0.1, 0.15) is 4.90 Å². The van der Waals surface area contributed by atoms with Crippen LogP contribution in [0.3, 0.4) is 0 Å². The number of anilines is 2. The normalized spacial score (nSPS) is 14.4. The Balaban J connectivity index is 2.32. The van der Waals surface area contributed by atoms with Crippen molar-refractivity contribution >= 4 is 21.3 Å². The molecule has 2 aromatic rings. The number of aromatic nitrogens is 1. The van der Waals surface area contributed by atoms with Crippen LogP contribution in [0.15, 0.2) is 40.1 Å². The van der Waals surface area contributed by atoms with Crippen molar-refractivity contribution in [2.75, 3.05) is 30.4 Å². The number of nitrogens with zero attached hydrogens (tertiary/aromatic N) is 2. The average Bonchev–Trinajstić information content (AvgIpc) is 2.50. The lowest BCUT2D eigenvalue weighted by Crippen LogP contribution is -2.33. The number of fused-ring (bicyclic) bond motifs is 1. The highest BCUT2D eigenvalue weighted by molar-refractivity contribution is 7.91. The van der Waals surface area contributed by atoms with Gasteiger partial charge in [-0.25, -0.2) is 12.8 Å². The first-order chi connectivity index (χ1) is 10.4. The molecule has 0 atom stereocenters. The SMILES string of the molecule is CN1CCNc2c1nc(F)c(F)c2S(=O)(=O)c1ccccc1. The minimum atomic E-state index is -4.20. The number of hydrogen-bond donors (Lipinski definition) is 1. The van der Waals surface area contributed by atoms with Crippen LogP contribution >= 0.6 is 0 Å². The number of benzene rings is 1. The zero-order chi connectivity index (χ0) is 15.9. The Morgan fingerprint density at radius 3 is 2.59 bits per heavy atom. The molecule has 116 valence electrons. The monoisotopic (exact) mass is 325 g/mol. The van der Waals surface area contributed by atoms with Crippen LogP contribution in [0.25, 0.3) is 0 Å². The van der Waals surface area contributed by atoms with Gasteiger partial charge in [0.2, 0.25) is 9.84 Å². The number of likely N-dealkylation sites (N-methyl/N-ethyl adjacent to an activating group) is 1. The maximum atomic E-state index is 14.2. The molecule has 0 bridgehead atoms. The Morgan fingerprint density at radius 2 is 1.91 bits per heavy atom. The van der Waals surface area contributed by atoms with Crippen molar-refractivity contribution in [3.8, 4) is 0 Å². The van der Waals surface area contributed by atoms with Crippen molar-refractivity contribution in [1.82, 2.24) is 4.98 Å². The molecule has 0 aliphatic carbocycles. The molecular weight excluding hydrogens is 312 g/mol. The Bertz CT molecular complexity index is 826. The second-order valence-electron chi connectivity index (χ2n) is 4.91. The first-order valence-electron chi connectivity index (χ1n) is 6.57. The molecule has 22 heavy (non-hydrogen) atoms. The van der Waals surface area contributed by atoms with E-state index in [0.717, 1.165) is 0 Å². The third-order valence-electron chi connectivity index (χ3n) is 3.47. The maximum absolute atomic E-state index is 14.2. The summed E-state index contributed by atoms with van der Waals surface area (Å²) in [6.45, 7) is 0.920. The van der Waals surface area contributed by atoms with Crippen molar-refractivity contribution in [1.29, 1.82) is 0 Å². The molecule has 1 N–H and O–H groups in total. The molecule has 3 rings (SSSR count). The molecule has 0 saturated heterocycles. The van der Waals surface area contributed by atoms with Gasteiger partial charge in [-0.15, -0.1) is 0 Å². The summed E-state index contributed by atoms with van der Waals surface area (Å²) in [5.74, 6) is -2.81. The zero-order valence-electron chi connectivity index (χ0n) is 11.7. The van der Waals surface area contributed by atoms with Gasteiger partial charge < -0.3 is 10.2 Å². The first-order valence-corrected chi connectivity index (χ1v) is 8.05. The molecule has 0 spiro atoms. The van der Waals surface area contributed by atoms with Gasteiger partial charge in [-0.05, 0) is 12.1 Å². The lowest BCUT2D eigenvalue weighted by Gasteiger charge is -2.29. The second-order valence-corrected chi connectivity index (χ2v) is 6.80. The molecule has 1 aliphatic rings. The van der Waals surface area contributed by atoms with E-state index in [1.807, 2.05) is 0 Å². The zero-order valence-corrected chi connectivity index (χ0v) is 12.5. The van der Waals surface area contributed by atoms with E-state index in [2.05, 4.69) is 10.3 Å². The van der Waals surface area contributed by atoms with Crippen LogP contribution in [0.1, 0.15) is 0 Å². The molecule has 1 aliphatic heterocycles. The lowest BCUT2D eigenvalue weighted by molar-refractivity contribution is 0.458. The van der Waals surface area contributed by atoms with Crippen LogP contribution in [-0.4, -0.2) is 33.5 Å². The van der Waals surface area contributed by atoms with Crippen molar-refractivity contribution < 1.29 is 17.2 Å². The van der Waals surface area contributed by atoms with Crippen LogP contribution in [0.2, 0.25) is 0 Å². The fourth-order valence-corrected chi connectivity index (χ4v) is 3.87. The van der Waals surface area contributed by atoms with Crippen LogP contribution in [0.4, 0.5) is 20.3 Å². The van der Waals surface area contributed by atoms with Crippen molar-refractivity contribution in [2.45, 2.75) is 9.79 Å². The summed E-state index contributed by atoms with van der Waals surface area (Å²) in [5, 5.41) is 2.82. The van der Waals surface area contributed by atoms with E-state index in [1.54, 1.807) is 18.0 Å². The van der Waals surface area contributed by atoms with Crippen molar-refractivity contribution in [3.05, 3.63) is 42.1 Å². The summed E-state index contributed by atoms with van der Waals surface area (Å²) < 4.78 is 53.4. The molecule has 5 nitrogen and oxygen atoms in total. The lowest BCUT2D eigenvalue weighted by atomic mass is 10.3. The predicted octanol–water partition coefficient (Wildman–Crippen LogP) is 2.05. The summed E-state index contributed by atoms with van der Waals surface area (Å²) in [6.07, 6.45) is 0. The number of halogens is 2. The number of pyridine rings is 1. The largest absolute Gasteiger partial charge is 0.379 e. The molecule has 0 radical (unpaired) electrons. The minimum absolute atomic E-state index is 0.00324.